The predicted molar refractivity (Wildman–Crippen MR) is 46.1 cm³/mol. The van der Waals surface area contributed by atoms with Gasteiger partial charge in [-0.05, 0) is 12.1 Å². The Balaban J connectivity index is 3.05. The molecule has 0 spiro atoms. The van der Waals surface area contributed by atoms with Gasteiger partial charge in [0.1, 0.15) is 18.1 Å². The van der Waals surface area contributed by atoms with Crippen LogP contribution in [-0.2, 0) is 0 Å². The number of aliphatic hydroxyl groups is 1. The van der Waals surface area contributed by atoms with Gasteiger partial charge >= 0.3 is 0 Å². The van der Waals surface area contributed by atoms with Crippen molar-refractivity contribution >= 4 is 5.78 Å². The third-order valence-corrected chi connectivity index (χ3v) is 1.65. The van der Waals surface area contributed by atoms with Crippen molar-refractivity contribution in [1.82, 2.24) is 0 Å². The lowest BCUT2D eigenvalue weighted by atomic mass is 10.1. The highest BCUT2D eigenvalue weighted by Crippen LogP contribution is 2.23. The Morgan fingerprint density at radius 3 is 2.69 bits per heavy atom. The number of aliphatic hydroxyl groups excluding tert-OH is 1. The van der Waals surface area contributed by atoms with Crippen LogP contribution < -0.4 is 4.74 Å². The van der Waals surface area contributed by atoms with E-state index >= 15 is 0 Å². The van der Waals surface area contributed by atoms with Gasteiger partial charge in [-0.2, -0.15) is 0 Å². The molecule has 13 heavy (non-hydrogen) atoms. The Morgan fingerprint density at radius 1 is 1.54 bits per heavy atom. The smallest absolute Gasteiger partial charge is 0.191 e. The fourth-order valence-corrected chi connectivity index (χ4v) is 0.959. The van der Waals surface area contributed by atoms with Crippen molar-refractivity contribution < 1.29 is 19.7 Å². The number of aromatic hydroxyl groups is 1. The molecule has 0 heterocycles. The molecule has 70 valence electrons. The van der Waals surface area contributed by atoms with E-state index in [4.69, 9.17) is 9.84 Å². The zero-order chi connectivity index (χ0) is 9.84. The van der Waals surface area contributed by atoms with Crippen LogP contribution in [0.1, 0.15) is 10.4 Å². The van der Waals surface area contributed by atoms with Gasteiger partial charge in [-0.15, -0.1) is 0 Å². The lowest BCUT2D eigenvalue weighted by Crippen LogP contribution is -2.04. The summed E-state index contributed by atoms with van der Waals surface area (Å²) in [6, 6.07) is 4.28. The maximum absolute atomic E-state index is 11.0. The summed E-state index contributed by atoms with van der Waals surface area (Å²) < 4.78 is 4.83. The van der Waals surface area contributed by atoms with Gasteiger partial charge in [-0.3, -0.25) is 4.79 Å². The third kappa shape index (κ3) is 1.97. The predicted octanol–water partition coefficient (Wildman–Crippen LogP) is 0.576. The molecule has 0 radical (unpaired) electrons. The summed E-state index contributed by atoms with van der Waals surface area (Å²) in [5.74, 6) is -0.231. The average molecular weight is 182 g/mol. The van der Waals surface area contributed by atoms with E-state index in [2.05, 4.69) is 0 Å². The number of rotatable bonds is 3. The summed E-state index contributed by atoms with van der Waals surface area (Å²) in [4.78, 5) is 11.0. The van der Waals surface area contributed by atoms with E-state index < -0.39 is 12.4 Å². The molecule has 4 heteroatoms. The molecule has 0 atom stereocenters. The number of Topliss-reactive ketones (excluding diaryl/α,β-unsaturated/α-hetero) is 1. The van der Waals surface area contributed by atoms with E-state index in [1.54, 1.807) is 6.07 Å². The van der Waals surface area contributed by atoms with Crippen molar-refractivity contribution in [3.63, 3.8) is 0 Å². The molecule has 0 saturated heterocycles. The Bertz CT molecular complexity index is 319. The molecular weight excluding hydrogens is 172 g/mol. The van der Waals surface area contributed by atoms with Gasteiger partial charge in [-0.1, -0.05) is 0 Å². The molecular formula is C9H10O4. The highest BCUT2D eigenvalue weighted by atomic mass is 16.5. The van der Waals surface area contributed by atoms with E-state index in [-0.39, 0.29) is 11.3 Å². The summed E-state index contributed by atoms with van der Waals surface area (Å²) in [7, 11) is 1.46. The SMILES string of the molecule is COc1ccc(C(=O)CO)c(O)c1. The van der Waals surface area contributed by atoms with Crippen molar-refractivity contribution in [2.24, 2.45) is 0 Å². The maximum Gasteiger partial charge on any atom is 0.191 e. The number of phenols is 1. The molecule has 0 fully saturated rings. The second-order valence-electron chi connectivity index (χ2n) is 2.46. The highest BCUT2D eigenvalue weighted by molar-refractivity contribution is 5.99. The van der Waals surface area contributed by atoms with Crippen LogP contribution >= 0.6 is 0 Å². The standard InChI is InChI=1S/C9H10O4/c1-13-6-2-3-7(8(11)4-6)9(12)5-10/h2-4,10-11H,5H2,1H3. The first-order valence-corrected chi connectivity index (χ1v) is 3.70. The van der Waals surface area contributed by atoms with Gasteiger partial charge in [0.05, 0.1) is 12.7 Å². The summed E-state index contributed by atoms with van der Waals surface area (Å²) >= 11 is 0. The number of phenolic OH excluding ortho intramolecular Hbond substituents is 1. The number of methoxy groups -OCH3 is 1. The zero-order valence-electron chi connectivity index (χ0n) is 7.15. The molecule has 0 aliphatic rings. The fraction of sp³-hybridized carbons (Fsp3) is 0.222. The number of carbonyl (C=O) groups excluding carboxylic acids is 1. The van der Waals surface area contributed by atoms with Gasteiger partial charge in [0.25, 0.3) is 0 Å². The summed E-state index contributed by atoms with van der Waals surface area (Å²) in [5, 5.41) is 17.9. The van der Waals surface area contributed by atoms with Gasteiger partial charge < -0.3 is 14.9 Å². The van der Waals surface area contributed by atoms with Crippen molar-refractivity contribution in [2.45, 2.75) is 0 Å². The van der Waals surface area contributed by atoms with Crippen LogP contribution in [0.4, 0.5) is 0 Å². The van der Waals surface area contributed by atoms with Crippen molar-refractivity contribution in [1.29, 1.82) is 0 Å². The highest BCUT2D eigenvalue weighted by Gasteiger charge is 2.09. The molecule has 0 bridgehead atoms. The van der Waals surface area contributed by atoms with E-state index in [1.165, 1.54) is 19.2 Å². The summed E-state index contributed by atoms with van der Waals surface area (Å²) in [6.07, 6.45) is 0. The van der Waals surface area contributed by atoms with E-state index in [0.717, 1.165) is 0 Å². The molecule has 4 nitrogen and oxygen atoms in total. The fourth-order valence-electron chi connectivity index (χ4n) is 0.959. The van der Waals surface area contributed by atoms with Crippen LogP contribution in [0.5, 0.6) is 11.5 Å². The van der Waals surface area contributed by atoms with Crippen molar-refractivity contribution in [3.05, 3.63) is 23.8 Å². The maximum atomic E-state index is 11.0. The van der Waals surface area contributed by atoms with Crippen LogP contribution in [0.2, 0.25) is 0 Å². The Kier molecular flexibility index (Phi) is 2.87. The number of carbonyl (C=O) groups is 1. The first-order valence-electron chi connectivity index (χ1n) is 3.70. The Morgan fingerprint density at radius 2 is 2.23 bits per heavy atom. The van der Waals surface area contributed by atoms with E-state index in [0.29, 0.717) is 5.75 Å². The first-order chi connectivity index (χ1) is 6.19. The molecule has 1 aromatic carbocycles. The largest absolute Gasteiger partial charge is 0.507 e. The minimum atomic E-state index is -0.611. The lowest BCUT2D eigenvalue weighted by molar-refractivity contribution is 0.0901. The van der Waals surface area contributed by atoms with Crippen molar-refractivity contribution in [2.75, 3.05) is 13.7 Å². The number of ketones is 1. The van der Waals surface area contributed by atoms with Gasteiger partial charge in [0, 0.05) is 6.07 Å². The number of benzene rings is 1. The number of hydrogen-bond acceptors (Lipinski definition) is 4. The van der Waals surface area contributed by atoms with E-state index in [1.807, 2.05) is 0 Å². The minimum absolute atomic E-state index is 0.100. The zero-order valence-corrected chi connectivity index (χ0v) is 7.15. The number of ether oxygens (including phenoxy) is 1. The van der Waals surface area contributed by atoms with Crippen molar-refractivity contribution in [3.8, 4) is 11.5 Å². The molecule has 0 saturated carbocycles. The third-order valence-electron chi connectivity index (χ3n) is 1.65. The molecule has 0 aliphatic carbocycles. The molecule has 0 amide bonds. The van der Waals surface area contributed by atoms with Gasteiger partial charge in [0.15, 0.2) is 5.78 Å². The number of hydrogen-bond donors (Lipinski definition) is 2. The topological polar surface area (TPSA) is 66.8 Å². The van der Waals surface area contributed by atoms with Crippen LogP contribution in [-0.4, -0.2) is 29.7 Å². The quantitative estimate of drug-likeness (QED) is 0.671. The van der Waals surface area contributed by atoms with Crippen LogP contribution in [0, 0.1) is 0 Å². The van der Waals surface area contributed by atoms with Crippen LogP contribution in [0.15, 0.2) is 18.2 Å². The second-order valence-corrected chi connectivity index (χ2v) is 2.46. The van der Waals surface area contributed by atoms with Crippen LogP contribution in [0.25, 0.3) is 0 Å². The molecule has 2 N–H and O–H groups in total. The van der Waals surface area contributed by atoms with E-state index in [9.17, 15) is 9.90 Å². The van der Waals surface area contributed by atoms with Gasteiger partial charge in [-0.25, -0.2) is 0 Å². The molecule has 1 rings (SSSR count). The normalized spacial score (nSPS) is 9.69. The minimum Gasteiger partial charge on any atom is -0.507 e. The van der Waals surface area contributed by atoms with Crippen LogP contribution in [0.3, 0.4) is 0 Å². The Labute approximate surface area is 75.4 Å². The molecule has 1 aromatic rings. The van der Waals surface area contributed by atoms with Gasteiger partial charge in [0.2, 0.25) is 0 Å². The monoisotopic (exact) mass is 182 g/mol. The molecule has 0 unspecified atom stereocenters. The first kappa shape index (κ1) is 9.54. The molecule has 0 aliphatic heterocycles. The summed E-state index contributed by atoms with van der Waals surface area (Å²) in [5.41, 5.74) is 0.100. The molecule has 0 aromatic heterocycles. The lowest BCUT2D eigenvalue weighted by Gasteiger charge is -2.03. The summed E-state index contributed by atoms with van der Waals surface area (Å²) in [6.45, 7) is -0.611. The second kappa shape index (κ2) is 3.91. The average Bonchev–Trinajstić information content (AvgIpc) is 2.16. The Hall–Kier alpha value is -1.55.